The lowest BCUT2D eigenvalue weighted by Crippen LogP contribution is -1.99. The van der Waals surface area contributed by atoms with Crippen molar-refractivity contribution in [2.75, 3.05) is 0 Å². The van der Waals surface area contributed by atoms with E-state index >= 15 is 0 Å². The summed E-state index contributed by atoms with van der Waals surface area (Å²) in [7, 11) is 0. The van der Waals surface area contributed by atoms with Crippen LogP contribution in [-0.4, -0.2) is 0 Å². The summed E-state index contributed by atoms with van der Waals surface area (Å²) >= 11 is 6.09. The highest BCUT2D eigenvalue weighted by molar-refractivity contribution is 6.31. The lowest BCUT2D eigenvalue weighted by atomic mass is 10.1. The van der Waals surface area contributed by atoms with Gasteiger partial charge in [0, 0.05) is 10.6 Å². The van der Waals surface area contributed by atoms with Gasteiger partial charge in [0.2, 0.25) is 0 Å². The maximum atomic E-state index is 6.09. The minimum Gasteiger partial charge on any atom is -0.488 e. The topological polar surface area (TPSA) is 9.23 Å². The van der Waals surface area contributed by atoms with Crippen LogP contribution in [0.5, 0.6) is 5.75 Å². The highest BCUT2D eigenvalue weighted by Gasteiger charge is 2.05. The highest BCUT2D eigenvalue weighted by Crippen LogP contribution is 2.24. The zero-order valence-corrected chi connectivity index (χ0v) is 10.8. The Balaban J connectivity index is 2.16. The summed E-state index contributed by atoms with van der Waals surface area (Å²) in [4.78, 5) is 0. The number of hydrogen-bond donors (Lipinski definition) is 0. The van der Waals surface area contributed by atoms with E-state index in [0.29, 0.717) is 6.61 Å². The molecule has 0 aliphatic heterocycles. The number of halogens is 1. The van der Waals surface area contributed by atoms with Crippen LogP contribution in [0.3, 0.4) is 0 Å². The van der Waals surface area contributed by atoms with Crippen molar-refractivity contribution in [3.8, 4) is 5.75 Å². The zero-order chi connectivity index (χ0) is 12.3. The number of rotatable bonds is 3. The molecular formula is C15H15ClO. The monoisotopic (exact) mass is 246 g/mol. The smallest absolute Gasteiger partial charge is 0.125 e. The van der Waals surface area contributed by atoms with Crippen molar-refractivity contribution in [3.05, 3.63) is 64.2 Å². The Morgan fingerprint density at radius 3 is 2.24 bits per heavy atom. The third-order valence-electron chi connectivity index (χ3n) is 2.74. The first-order valence-corrected chi connectivity index (χ1v) is 5.98. The average Bonchev–Trinajstić information content (AvgIpc) is 2.30. The quantitative estimate of drug-likeness (QED) is 0.773. The molecule has 2 rings (SSSR count). The molecule has 0 saturated heterocycles. The highest BCUT2D eigenvalue weighted by atomic mass is 35.5. The second-order valence-corrected chi connectivity index (χ2v) is 4.51. The van der Waals surface area contributed by atoms with Crippen LogP contribution < -0.4 is 4.74 Å². The SMILES string of the molecule is Cc1cccc(C)c1OCc1ccccc1Cl. The van der Waals surface area contributed by atoms with Gasteiger partial charge in [-0.1, -0.05) is 48.0 Å². The molecule has 0 bridgehead atoms. The van der Waals surface area contributed by atoms with E-state index < -0.39 is 0 Å². The Morgan fingerprint density at radius 1 is 0.941 bits per heavy atom. The van der Waals surface area contributed by atoms with Crippen LogP contribution in [0, 0.1) is 13.8 Å². The molecule has 2 aromatic carbocycles. The normalized spacial score (nSPS) is 10.3. The van der Waals surface area contributed by atoms with Crippen molar-refractivity contribution >= 4 is 11.6 Å². The second kappa shape index (κ2) is 5.24. The molecule has 0 aromatic heterocycles. The van der Waals surface area contributed by atoms with Crippen molar-refractivity contribution in [2.45, 2.75) is 20.5 Å². The third kappa shape index (κ3) is 2.80. The first kappa shape index (κ1) is 12.0. The van der Waals surface area contributed by atoms with Crippen molar-refractivity contribution in [2.24, 2.45) is 0 Å². The fourth-order valence-electron chi connectivity index (χ4n) is 1.79. The predicted octanol–water partition coefficient (Wildman–Crippen LogP) is 4.54. The molecular weight excluding hydrogens is 232 g/mol. The second-order valence-electron chi connectivity index (χ2n) is 4.10. The van der Waals surface area contributed by atoms with Crippen LogP contribution in [-0.2, 0) is 6.61 Å². The van der Waals surface area contributed by atoms with Gasteiger partial charge in [-0.25, -0.2) is 0 Å². The predicted molar refractivity (Wildman–Crippen MR) is 71.7 cm³/mol. The number of ether oxygens (including phenoxy) is 1. The molecule has 0 heterocycles. The van der Waals surface area contributed by atoms with Gasteiger partial charge < -0.3 is 4.74 Å². The molecule has 0 aliphatic rings. The van der Waals surface area contributed by atoms with Crippen LogP contribution in [0.25, 0.3) is 0 Å². The molecule has 0 N–H and O–H groups in total. The molecule has 0 fully saturated rings. The molecule has 0 radical (unpaired) electrons. The van der Waals surface area contributed by atoms with Gasteiger partial charge in [-0.15, -0.1) is 0 Å². The molecule has 0 amide bonds. The van der Waals surface area contributed by atoms with Crippen LogP contribution in [0.1, 0.15) is 16.7 Å². The summed E-state index contributed by atoms with van der Waals surface area (Å²) in [5.74, 6) is 0.951. The van der Waals surface area contributed by atoms with Gasteiger partial charge >= 0.3 is 0 Å². The fraction of sp³-hybridized carbons (Fsp3) is 0.200. The zero-order valence-electron chi connectivity index (χ0n) is 10.0. The lowest BCUT2D eigenvalue weighted by Gasteiger charge is -2.12. The van der Waals surface area contributed by atoms with E-state index in [-0.39, 0.29) is 0 Å². The van der Waals surface area contributed by atoms with Crippen LogP contribution in [0.4, 0.5) is 0 Å². The van der Waals surface area contributed by atoms with Crippen molar-refractivity contribution in [1.29, 1.82) is 0 Å². The van der Waals surface area contributed by atoms with Gasteiger partial charge in [0.05, 0.1) is 0 Å². The first-order chi connectivity index (χ1) is 8.18. The summed E-state index contributed by atoms with van der Waals surface area (Å²) in [6, 6.07) is 13.9. The van der Waals surface area contributed by atoms with Gasteiger partial charge in [-0.3, -0.25) is 0 Å². The molecule has 88 valence electrons. The molecule has 0 atom stereocenters. The molecule has 2 aromatic rings. The minimum atomic E-state index is 0.505. The number of hydrogen-bond acceptors (Lipinski definition) is 1. The van der Waals surface area contributed by atoms with Gasteiger partial charge in [0.1, 0.15) is 12.4 Å². The molecule has 0 aliphatic carbocycles. The van der Waals surface area contributed by atoms with E-state index in [4.69, 9.17) is 16.3 Å². The summed E-state index contributed by atoms with van der Waals surface area (Å²) in [5.41, 5.74) is 3.31. The van der Waals surface area contributed by atoms with E-state index in [2.05, 4.69) is 26.0 Å². The Kier molecular flexibility index (Phi) is 3.70. The Hall–Kier alpha value is -1.47. The van der Waals surface area contributed by atoms with Crippen LogP contribution in [0.2, 0.25) is 5.02 Å². The minimum absolute atomic E-state index is 0.505. The Morgan fingerprint density at radius 2 is 1.59 bits per heavy atom. The summed E-state index contributed by atoms with van der Waals surface area (Å²) < 4.78 is 5.85. The largest absolute Gasteiger partial charge is 0.488 e. The van der Waals surface area contributed by atoms with E-state index in [1.807, 2.05) is 30.3 Å². The number of para-hydroxylation sites is 1. The van der Waals surface area contributed by atoms with Crippen molar-refractivity contribution in [3.63, 3.8) is 0 Å². The van der Waals surface area contributed by atoms with Gasteiger partial charge in [0.25, 0.3) is 0 Å². The Labute approximate surface area is 107 Å². The fourth-order valence-corrected chi connectivity index (χ4v) is 1.98. The van der Waals surface area contributed by atoms with E-state index in [0.717, 1.165) is 27.5 Å². The van der Waals surface area contributed by atoms with E-state index in [9.17, 15) is 0 Å². The van der Waals surface area contributed by atoms with Crippen LogP contribution >= 0.6 is 11.6 Å². The molecule has 1 nitrogen and oxygen atoms in total. The maximum absolute atomic E-state index is 6.09. The molecule has 0 saturated carbocycles. The molecule has 17 heavy (non-hydrogen) atoms. The average molecular weight is 247 g/mol. The van der Waals surface area contributed by atoms with E-state index in [1.54, 1.807) is 0 Å². The summed E-state index contributed by atoms with van der Waals surface area (Å²) in [5, 5.41) is 0.749. The first-order valence-electron chi connectivity index (χ1n) is 5.61. The Bertz CT molecular complexity index is 500. The molecule has 0 spiro atoms. The van der Waals surface area contributed by atoms with Crippen molar-refractivity contribution < 1.29 is 4.74 Å². The van der Waals surface area contributed by atoms with E-state index in [1.165, 1.54) is 0 Å². The van der Waals surface area contributed by atoms with Gasteiger partial charge in [-0.05, 0) is 31.0 Å². The molecule has 2 heteroatoms. The number of aryl methyl sites for hydroxylation is 2. The van der Waals surface area contributed by atoms with Gasteiger partial charge in [-0.2, -0.15) is 0 Å². The summed E-state index contributed by atoms with van der Waals surface area (Å²) in [6.07, 6.45) is 0. The number of benzene rings is 2. The third-order valence-corrected chi connectivity index (χ3v) is 3.11. The summed E-state index contributed by atoms with van der Waals surface area (Å²) in [6.45, 7) is 4.61. The van der Waals surface area contributed by atoms with Crippen LogP contribution in [0.15, 0.2) is 42.5 Å². The van der Waals surface area contributed by atoms with Gasteiger partial charge in [0.15, 0.2) is 0 Å². The van der Waals surface area contributed by atoms with Crippen molar-refractivity contribution in [1.82, 2.24) is 0 Å². The molecule has 0 unspecified atom stereocenters. The standard InChI is InChI=1S/C15H15ClO/c1-11-6-5-7-12(2)15(11)17-10-13-8-3-4-9-14(13)16/h3-9H,10H2,1-2H3. The maximum Gasteiger partial charge on any atom is 0.125 e. The lowest BCUT2D eigenvalue weighted by molar-refractivity contribution is 0.302.